The minimum absolute atomic E-state index is 0.0495. The second-order valence-electron chi connectivity index (χ2n) is 6.15. The fraction of sp³-hybridized carbons (Fsp3) is 0.353. The minimum atomic E-state index is -0.530. The van der Waals surface area contributed by atoms with E-state index in [2.05, 4.69) is 23.8 Å². The van der Waals surface area contributed by atoms with Gasteiger partial charge in [-0.1, -0.05) is 25.4 Å². The third-order valence-corrected chi connectivity index (χ3v) is 4.04. The van der Waals surface area contributed by atoms with Crippen molar-refractivity contribution in [2.75, 3.05) is 0 Å². The summed E-state index contributed by atoms with van der Waals surface area (Å²) in [4.78, 5) is 23.1. The van der Waals surface area contributed by atoms with Crippen LogP contribution < -0.4 is 0 Å². The van der Waals surface area contributed by atoms with E-state index in [1.807, 2.05) is 0 Å². The molecule has 0 fully saturated rings. The summed E-state index contributed by atoms with van der Waals surface area (Å²) in [5.74, 6) is 0.568. The zero-order valence-corrected chi connectivity index (χ0v) is 13.8. The Balaban J connectivity index is 1.78. The van der Waals surface area contributed by atoms with Crippen molar-refractivity contribution in [3.05, 3.63) is 57.9 Å². The zero-order chi connectivity index (χ0) is 16.6. The van der Waals surface area contributed by atoms with Crippen LogP contribution in [0.3, 0.4) is 0 Å². The van der Waals surface area contributed by atoms with Gasteiger partial charge >= 0.3 is 0 Å². The quantitative estimate of drug-likeness (QED) is 0.861. The maximum atomic E-state index is 13.2. The smallest absolute Gasteiger partial charge is 0.254 e. The maximum Gasteiger partial charge on any atom is 0.254 e. The number of halogens is 2. The molecule has 1 aliphatic heterocycles. The van der Waals surface area contributed by atoms with Gasteiger partial charge in [-0.15, -0.1) is 0 Å². The fourth-order valence-corrected chi connectivity index (χ4v) is 2.79. The van der Waals surface area contributed by atoms with Gasteiger partial charge in [-0.3, -0.25) is 4.79 Å². The number of aromatic nitrogens is 2. The van der Waals surface area contributed by atoms with Crippen LogP contribution in [0.4, 0.5) is 4.39 Å². The Morgan fingerprint density at radius 3 is 2.87 bits per heavy atom. The number of hydrogen-bond acceptors (Lipinski definition) is 3. The Morgan fingerprint density at radius 1 is 1.39 bits per heavy atom. The lowest BCUT2D eigenvalue weighted by Crippen LogP contribution is -2.25. The molecule has 0 atom stereocenters. The van der Waals surface area contributed by atoms with E-state index in [1.54, 1.807) is 11.1 Å². The van der Waals surface area contributed by atoms with E-state index in [0.29, 0.717) is 24.6 Å². The second kappa shape index (κ2) is 6.24. The van der Waals surface area contributed by atoms with E-state index in [1.165, 1.54) is 18.2 Å². The molecule has 3 rings (SSSR count). The van der Waals surface area contributed by atoms with Crippen LogP contribution in [0.5, 0.6) is 0 Å². The highest BCUT2D eigenvalue weighted by atomic mass is 35.5. The number of rotatable bonds is 3. The summed E-state index contributed by atoms with van der Waals surface area (Å²) in [6, 6.07) is 4.01. The molecule has 0 bridgehead atoms. The number of benzene rings is 1. The van der Waals surface area contributed by atoms with Crippen LogP contribution in [-0.2, 0) is 19.5 Å². The normalized spacial score (nSPS) is 13.5. The third kappa shape index (κ3) is 3.34. The van der Waals surface area contributed by atoms with Gasteiger partial charge in [0.25, 0.3) is 5.91 Å². The van der Waals surface area contributed by atoms with Gasteiger partial charge in [-0.05, 0) is 24.1 Å². The number of amides is 1. The first-order chi connectivity index (χ1) is 10.9. The Kier molecular flexibility index (Phi) is 4.31. The molecule has 2 heterocycles. The van der Waals surface area contributed by atoms with Gasteiger partial charge in [0.05, 0.1) is 17.3 Å². The number of fused-ring (bicyclic) bond motifs is 1. The molecule has 4 nitrogen and oxygen atoms in total. The van der Waals surface area contributed by atoms with E-state index in [4.69, 9.17) is 11.6 Å². The highest BCUT2D eigenvalue weighted by molar-refractivity contribution is 6.31. The van der Waals surface area contributed by atoms with Gasteiger partial charge in [0, 0.05) is 30.3 Å². The molecule has 1 aliphatic rings. The maximum absolute atomic E-state index is 13.2. The van der Waals surface area contributed by atoms with Gasteiger partial charge in [0.1, 0.15) is 11.6 Å². The number of hydrogen-bond donors (Lipinski definition) is 0. The molecule has 1 aromatic heterocycles. The fourth-order valence-electron chi connectivity index (χ4n) is 2.61. The average Bonchev–Trinajstić information content (AvgIpc) is 2.92. The number of carbonyl (C=O) groups excluding carboxylic acids is 1. The van der Waals surface area contributed by atoms with Crippen molar-refractivity contribution in [3.63, 3.8) is 0 Å². The molecular formula is C17H17ClFN3O. The Morgan fingerprint density at radius 2 is 2.17 bits per heavy atom. The van der Waals surface area contributed by atoms with Crippen LogP contribution in [0, 0.1) is 11.7 Å². The van der Waals surface area contributed by atoms with E-state index >= 15 is 0 Å². The van der Waals surface area contributed by atoms with Crippen LogP contribution >= 0.6 is 11.6 Å². The second-order valence-corrected chi connectivity index (χ2v) is 6.55. The van der Waals surface area contributed by atoms with Crippen molar-refractivity contribution >= 4 is 17.5 Å². The molecule has 0 aliphatic carbocycles. The third-order valence-electron chi connectivity index (χ3n) is 3.75. The van der Waals surface area contributed by atoms with Crippen molar-refractivity contribution in [2.24, 2.45) is 5.92 Å². The van der Waals surface area contributed by atoms with Gasteiger partial charge in [-0.25, -0.2) is 14.4 Å². The minimum Gasteiger partial charge on any atom is -0.328 e. The predicted molar refractivity (Wildman–Crippen MR) is 85.6 cm³/mol. The van der Waals surface area contributed by atoms with Crippen molar-refractivity contribution in [2.45, 2.75) is 33.4 Å². The molecule has 0 radical (unpaired) electrons. The first kappa shape index (κ1) is 15.9. The van der Waals surface area contributed by atoms with Gasteiger partial charge in [-0.2, -0.15) is 0 Å². The largest absolute Gasteiger partial charge is 0.328 e. The van der Waals surface area contributed by atoms with Gasteiger partial charge in [0.15, 0.2) is 0 Å². The lowest BCUT2D eigenvalue weighted by atomic mass is 10.1. The summed E-state index contributed by atoms with van der Waals surface area (Å²) in [7, 11) is 0. The van der Waals surface area contributed by atoms with Gasteiger partial charge in [0.2, 0.25) is 0 Å². The summed E-state index contributed by atoms with van der Waals surface area (Å²) in [5.41, 5.74) is 2.22. The summed E-state index contributed by atoms with van der Waals surface area (Å²) >= 11 is 5.75. The SMILES string of the molecule is CC(C)Cc1ncc2c(n1)CN(C(=O)c1ccc(F)c(Cl)c1)C2. The van der Waals surface area contributed by atoms with Crippen molar-refractivity contribution in [1.82, 2.24) is 14.9 Å². The molecule has 23 heavy (non-hydrogen) atoms. The van der Waals surface area contributed by atoms with Gasteiger partial charge < -0.3 is 4.90 Å². The first-order valence-corrected chi connectivity index (χ1v) is 7.90. The van der Waals surface area contributed by atoms with Crippen molar-refractivity contribution < 1.29 is 9.18 Å². The summed E-state index contributed by atoms with van der Waals surface area (Å²) in [6.07, 6.45) is 2.61. The molecular weight excluding hydrogens is 317 g/mol. The standard InChI is InChI=1S/C17H17ClFN3O/c1-10(2)5-16-20-7-12-8-22(9-15(12)21-16)17(23)11-3-4-14(19)13(18)6-11/h3-4,6-7,10H,5,8-9H2,1-2H3. The van der Waals surface area contributed by atoms with E-state index < -0.39 is 5.82 Å². The summed E-state index contributed by atoms with van der Waals surface area (Å²) in [5, 5.41) is -0.0495. The molecule has 0 saturated carbocycles. The Hall–Kier alpha value is -2.01. The monoisotopic (exact) mass is 333 g/mol. The van der Waals surface area contributed by atoms with Crippen LogP contribution in [-0.4, -0.2) is 20.8 Å². The average molecular weight is 334 g/mol. The highest BCUT2D eigenvalue weighted by Gasteiger charge is 2.26. The molecule has 120 valence electrons. The summed E-state index contributed by atoms with van der Waals surface area (Å²) in [6.45, 7) is 5.14. The predicted octanol–water partition coefficient (Wildman–Crippen LogP) is 3.62. The highest BCUT2D eigenvalue weighted by Crippen LogP contribution is 2.24. The summed E-state index contributed by atoms with van der Waals surface area (Å²) < 4.78 is 13.2. The molecule has 0 spiro atoms. The van der Waals surface area contributed by atoms with Crippen LogP contribution in [0.1, 0.15) is 41.3 Å². The molecule has 0 saturated heterocycles. The van der Waals surface area contributed by atoms with E-state index in [0.717, 1.165) is 23.5 Å². The van der Waals surface area contributed by atoms with Crippen LogP contribution in [0.25, 0.3) is 0 Å². The van der Waals surface area contributed by atoms with E-state index in [-0.39, 0.29) is 10.9 Å². The van der Waals surface area contributed by atoms with Crippen LogP contribution in [0.15, 0.2) is 24.4 Å². The lowest BCUT2D eigenvalue weighted by Gasteiger charge is -2.15. The first-order valence-electron chi connectivity index (χ1n) is 7.52. The molecule has 1 amide bonds. The number of nitrogens with zero attached hydrogens (tertiary/aromatic N) is 3. The zero-order valence-electron chi connectivity index (χ0n) is 13.0. The molecule has 1 aromatic carbocycles. The Bertz CT molecular complexity index is 763. The Labute approximate surface area is 139 Å². The van der Waals surface area contributed by atoms with Crippen molar-refractivity contribution in [1.29, 1.82) is 0 Å². The van der Waals surface area contributed by atoms with Crippen molar-refractivity contribution in [3.8, 4) is 0 Å². The molecule has 2 aromatic rings. The van der Waals surface area contributed by atoms with Crippen LogP contribution in [0.2, 0.25) is 5.02 Å². The molecule has 6 heteroatoms. The van der Waals surface area contributed by atoms with E-state index in [9.17, 15) is 9.18 Å². The molecule has 0 N–H and O–H groups in total. The number of carbonyl (C=O) groups is 1. The topological polar surface area (TPSA) is 46.1 Å². The molecule has 0 unspecified atom stereocenters. The lowest BCUT2D eigenvalue weighted by molar-refractivity contribution is 0.0750.